The number of piperidine rings is 1. The number of amides is 1. The van der Waals surface area contributed by atoms with Gasteiger partial charge in [0.05, 0.1) is 17.5 Å². The molecule has 0 aliphatic carbocycles. The number of pyridine rings is 1. The Hall–Kier alpha value is -4.12. The topological polar surface area (TPSA) is 155 Å². The number of aliphatic hydroxyl groups is 1. The van der Waals surface area contributed by atoms with Gasteiger partial charge >= 0.3 is 0 Å². The van der Waals surface area contributed by atoms with Crippen molar-refractivity contribution in [2.24, 2.45) is 0 Å². The molecule has 37 heavy (non-hydrogen) atoms. The van der Waals surface area contributed by atoms with Crippen LogP contribution in [0, 0.1) is 0 Å². The van der Waals surface area contributed by atoms with Crippen LogP contribution in [0.15, 0.2) is 36.9 Å². The number of nitrogens with zero attached hydrogens (tertiary/aromatic N) is 6. The summed E-state index contributed by atoms with van der Waals surface area (Å²) in [6.45, 7) is 3.00. The summed E-state index contributed by atoms with van der Waals surface area (Å²) in [4.78, 5) is 44.0. The van der Waals surface area contributed by atoms with Crippen molar-refractivity contribution < 1.29 is 14.7 Å². The molecule has 4 N–H and O–H groups in total. The number of ketones is 1. The molecule has 0 unspecified atom stereocenters. The highest BCUT2D eigenvalue weighted by Crippen LogP contribution is 2.44. The molecule has 1 amide bonds. The van der Waals surface area contributed by atoms with Crippen molar-refractivity contribution in [2.45, 2.75) is 63.6 Å². The SMILES string of the molecule is CC(=O)c1c([C@@H]2C[C@H]3CC[C@@H](C2)N3C(=O)[C@@H](C)O)nc2c(-c3ccc(-c4ncc[nH]4)nc3)cnn2c1N. The minimum atomic E-state index is -1.03. The zero-order chi connectivity index (χ0) is 25.8. The van der Waals surface area contributed by atoms with Gasteiger partial charge in [-0.25, -0.2) is 9.97 Å². The number of aromatic amines is 1. The van der Waals surface area contributed by atoms with Gasteiger partial charge in [0.25, 0.3) is 5.91 Å². The van der Waals surface area contributed by atoms with Crippen LogP contribution in [-0.2, 0) is 4.79 Å². The molecule has 4 atom stereocenters. The minimum absolute atomic E-state index is 0.00707. The maximum Gasteiger partial charge on any atom is 0.251 e. The molecule has 0 aromatic carbocycles. The quantitative estimate of drug-likeness (QED) is 0.353. The molecule has 2 aliphatic heterocycles. The number of hydrogen-bond donors (Lipinski definition) is 3. The summed E-state index contributed by atoms with van der Waals surface area (Å²) in [5.41, 5.74) is 10.4. The lowest BCUT2D eigenvalue weighted by atomic mass is 9.85. The number of imidazole rings is 1. The Morgan fingerprint density at radius 2 is 1.92 bits per heavy atom. The van der Waals surface area contributed by atoms with E-state index in [0.29, 0.717) is 41.3 Å². The third-order valence-corrected chi connectivity index (χ3v) is 7.61. The Bertz CT molecular complexity index is 1480. The summed E-state index contributed by atoms with van der Waals surface area (Å²) < 4.78 is 1.51. The summed E-state index contributed by atoms with van der Waals surface area (Å²) in [6.07, 6.45) is 8.90. The first kappa shape index (κ1) is 23.3. The summed E-state index contributed by atoms with van der Waals surface area (Å²) in [7, 11) is 0. The van der Waals surface area contributed by atoms with Crippen molar-refractivity contribution in [1.29, 1.82) is 0 Å². The predicted molar refractivity (Wildman–Crippen MR) is 136 cm³/mol. The average molecular weight is 501 g/mol. The number of aromatic nitrogens is 6. The average Bonchev–Trinajstić information content (AvgIpc) is 3.62. The molecule has 2 fully saturated rings. The lowest BCUT2D eigenvalue weighted by Crippen LogP contribution is -2.49. The molecule has 2 bridgehead atoms. The van der Waals surface area contributed by atoms with Gasteiger partial charge in [-0.3, -0.25) is 14.6 Å². The largest absolute Gasteiger partial charge is 0.384 e. The van der Waals surface area contributed by atoms with Gasteiger partial charge in [-0.2, -0.15) is 9.61 Å². The number of carbonyl (C=O) groups is 2. The van der Waals surface area contributed by atoms with Crippen molar-refractivity contribution >= 4 is 23.2 Å². The molecule has 2 saturated heterocycles. The second-order valence-corrected chi connectivity index (χ2v) is 9.95. The van der Waals surface area contributed by atoms with Crippen molar-refractivity contribution in [1.82, 2.24) is 34.4 Å². The Balaban J connectivity index is 1.41. The first-order valence-electron chi connectivity index (χ1n) is 12.5. The van der Waals surface area contributed by atoms with Crippen LogP contribution in [0.2, 0.25) is 0 Å². The van der Waals surface area contributed by atoms with Crippen molar-refractivity contribution in [3.05, 3.63) is 48.2 Å². The van der Waals surface area contributed by atoms with Crippen LogP contribution < -0.4 is 5.73 Å². The highest BCUT2D eigenvalue weighted by Gasteiger charge is 2.45. The van der Waals surface area contributed by atoms with Gasteiger partial charge in [0.2, 0.25) is 0 Å². The molecule has 4 aromatic rings. The number of anilines is 1. The standard InChI is InChI=1S/C26H28N8O3/c1-13(35)21-22(16-9-17-4-5-18(10-16)33(17)26(37)14(2)36)32-25-19(12-31-34(25)23(21)27)15-3-6-20(30-11-15)24-28-7-8-29-24/h3,6-8,11-12,14,16-18,36H,4-5,9-10,27H2,1-2H3,(H,28,29)/t14-,16-,17-,18+/m1/s1. The number of rotatable bonds is 5. The molecular formula is C26H28N8O3. The fourth-order valence-electron chi connectivity index (χ4n) is 5.97. The zero-order valence-corrected chi connectivity index (χ0v) is 20.6. The first-order chi connectivity index (χ1) is 17.8. The monoisotopic (exact) mass is 500 g/mol. The van der Waals surface area contributed by atoms with E-state index in [2.05, 4.69) is 20.1 Å². The zero-order valence-electron chi connectivity index (χ0n) is 20.6. The minimum Gasteiger partial charge on any atom is -0.384 e. The van der Waals surface area contributed by atoms with Crippen LogP contribution in [0.3, 0.4) is 0 Å². The van der Waals surface area contributed by atoms with E-state index < -0.39 is 6.10 Å². The fraction of sp³-hybridized carbons (Fsp3) is 0.385. The van der Waals surface area contributed by atoms with E-state index in [9.17, 15) is 14.7 Å². The van der Waals surface area contributed by atoms with E-state index in [1.165, 1.54) is 18.4 Å². The molecule has 4 aromatic heterocycles. The predicted octanol–water partition coefficient (Wildman–Crippen LogP) is 2.58. The van der Waals surface area contributed by atoms with Crippen LogP contribution in [-0.4, -0.2) is 69.4 Å². The third-order valence-electron chi connectivity index (χ3n) is 7.61. The van der Waals surface area contributed by atoms with E-state index >= 15 is 0 Å². The molecule has 6 rings (SSSR count). The first-order valence-corrected chi connectivity index (χ1v) is 12.5. The van der Waals surface area contributed by atoms with Gasteiger partial charge in [-0.05, 0) is 45.6 Å². The van der Waals surface area contributed by atoms with Crippen molar-refractivity contribution in [3.63, 3.8) is 0 Å². The van der Waals surface area contributed by atoms with Crippen LogP contribution in [0.4, 0.5) is 5.82 Å². The Kier molecular flexibility index (Phi) is 5.52. The van der Waals surface area contributed by atoms with Gasteiger partial charge in [0, 0.05) is 47.7 Å². The smallest absolute Gasteiger partial charge is 0.251 e. The molecule has 190 valence electrons. The van der Waals surface area contributed by atoms with E-state index in [1.54, 1.807) is 24.8 Å². The highest BCUT2D eigenvalue weighted by molar-refractivity contribution is 6.00. The molecule has 11 nitrogen and oxygen atoms in total. The normalized spacial score (nSPS) is 21.9. The van der Waals surface area contributed by atoms with Crippen molar-refractivity contribution in [2.75, 3.05) is 5.73 Å². The molecule has 0 saturated carbocycles. The van der Waals surface area contributed by atoms with Crippen LogP contribution in [0.1, 0.15) is 61.5 Å². The van der Waals surface area contributed by atoms with Gasteiger partial charge in [0.15, 0.2) is 17.3 Å². The van der Waals surface area contributed by atoms with Gasteiger partial charge < -0.3 is 20.7 Å². The molecule has 0 spiro atoms. The van der Waals surface area contributed by atoms with Gasteiger partial charge in [-0.15, -0.1) is 0 Å². The summed E-state index contributed by atoms with van der Waals surface area (Å²) in [6, 6.07) is 3.82. The number of nitrogens with one attached hydrogen (secondary N) is 1. The molecular weight excluding hydrogens is 472 g/mol. The Morgan fingerprint density at radius 1 is 1.16 bits per heavy atom. The number of hydrogen-bond acceptors (Lipinski definition) is 8. The highest BCUT2D eigenvalue weighted by atomic mass is 16.3. The van der Waals surface area contributed by atoms with Crippen LogP contribution in [0.25, 0.3) is 28.3 Å². The Morgan fingerprint density at radius 3 is 2.51 bits per heavy atom. The lowest BCUT2D eigenvalue weighted by Gasteiger charge is -2.39. The summed E-state index contributed by atoms with van der Waals surface area (Å²) in [5.74, 6) is 0.498. The molecule has 2 aliphatic rings. The second-order valence-electron chi connectivity index (χ2n) is 9.95. The maximum absolute atomic E-state index is 12.8. The van der Waals surface area contributed by atoms with Crippen LogP contribution in [0.5, 0.6) is 0 Å². The fourth-order valence-corrected chi connectivity index (χ4v) is 5.97. The lowest BCUT2D eigenvalue weighted by molar-refractivity contribution is -0.144. The van der Waals surface area contributed by atoms with Crippen LogP contribution >= 0.6 is 0 Å². The maximum atomic E-state index is 12.8. The summed E-state index contributed by atoms with van der Waals surface area (Å²) in [5, 5.41) is 14.3. The third kappa shape index (κ3) is 3.77. The van der Waals surface area contributed by atoms with Gasteiger partial charge in [0.1, 0.15) is 17.6 Å². The Labute approximate surface area is 212 Å². The molecule has 11 heteroatoms. The number of H-pyrrole nitrogens is 1. The number of nitrogen functional groups attached to an aromatic ring is 1. The summed E-state index contributed by atoms with van der Waals surface area (Å²) >= 11 is 0. The molecule has 0 radical (unpaired) electrons. The number of carbonyl (C=O) groups excluding carboxylic acids is 2. The van der Waals surface area contributed by atoms with Gasteiger partial charge in [-0.1, -0.05) is 6.07 Å². The molecule has 6 heterocycles. The van der Waals surface area contributed by atoms with E-state index in [0.717, 1.165) is 24.0 Å². The van der Waals surface area contributed by atoms with Crippen molar-refractivity contribution in [3.8, 4) is 22.6 Å². The number of nitrogens with two attached hydrogens (primary N) is 1. The van der Waals surface area contributed by atoms with E-state index in [1.807, 2.05) is 17.0 Å². The van der Waals surface area contributed by atoms with E-state index in [-0.39, 0.29) is 35.5 Å². The number of aliphatic hydroxyl groups excluding tert-OH is 1. The van der Waals surface area contributed by atoms with E-state index in [4.69, 9.17) is 10.7 Å². The second kappa shape index (κ2) is 8.77. The number of fused-ring (bicyclic) bond motifs is 3. The number of Topliss-reactive ketones (excluding diaryl/α,β-unsaturated/α-hetero) is 1.